The van der Waals surface area contributed by atoms with Crippen LogP contribution < -0.4 is 27.0 Å². The van der Waals surface area contributed by atoms with Gasteiger partial charge in [0.15, 0.2) is 12.3 Å². The van der Waals surface area contributed by atoms with Crippen LogP contribution in [0, 0.1) is 5.92 Å². The largest absolute Gasteiger partial charge is 0.513 e. The van der Waals surface area contributed by atoms with Crippen LogP contribution in [0.15, 0.2) is 71.3 Å². The number of carbonyl (C=O) groups excluding carboxylic acids is 2. The molecule has 0 bridgehead atoms. The van der Waals surface area contributed by atoms with Gasteiger partial charge in [0.1, 0.15) is 24.1 Å². The molecule has 1 aromatic carbocycles. The number of aliphatic hydroxyl groups is 1. The van der Waals surface area contributed by atoms with E-state index in [-0.39, 0.29) is 42.4 Å². The molecule has 1 amide bonds. The number of fused-ring (bicyclic) bond motifs is 3. The topological polar surface area (TPSA) is 183 Å². The Kier molecular flexibility index (Phi) is 13.2. The van der Waals surface area contributed by atoms with Gasteiger partial charge in [0.2, 0.25) is 0 Å². The third-order valence-electron chi connectivity index (χ3n) is 10.9. The summed E-state index contributed by atoms with van der Waals surface area (Å²) in [7, 11) is 5.65. The normalized spacial score (nSPS) is 22.4. The molecule has 306 valence electrons. The number of aliphatic hydroxyl groups excluding tert-OH is 1. The van der Waals surface area contributed by atoms with E-state index in [9.17, 15) is 23.5 Å². The van der Waals surface area contributed by atoms with Crippen molar-refractivity contribution < 1.29 is 23.5 Å². The molecule has 5 heterocycles. The molecule has 2 aliphatic carbocycles. The van der Waals surface area contributed by atoms with Gasteiger partial charge in [-0.3, -0.25) is 19.4 Å². The van der Waals surface area contributed by atoms with Crippen molar-refractivity contribution >= 4 is 29.4 Å². The molecule has 2 saturated heterocycles. The highest BCUT2D eigenvalue weighted by Gasteiger charge is 2.39. The maximum absolute atomic E-state index is 13.7. The summed E-state index contributed by atoms with van der Waals surface area (Å²) in [5.74, 6) is 0.258. The minimum atomic E-state index is -1.66. The molecule has 57 heavy (non-hydrogen) atoms. The predicted octanol–water partition coefficient (Wildman–Crippen LogP) is 4.64. The number of likely N-dealkylation sites (tertiary alicyclic amines) is 2. The number of para-hydroxylation sites is 1. The zero-order valence-electron chi connectivity index (χ0n) is 33.1. The van der Waals surface area contributed by atoms with Crippen LogP contribution in [0.2, 0.25) is 0 Å². The lowest BCUT2D eigenvalue weighted by atomic mass is 9.91. The molecule has 3 aliphatic heterocycles. The molecule has 3 aromatic rings. The number of anilines is 2. The van der Waals surface area contributed by atoms with Crippen molar-refractivity contribution in [2.75, 3.05) is 57.5 Å². The van der Waals surface area contributed by atoms with Crippen molar-refractivity contribution in [1.29, 1.82) is 0 Å². The monoisotopic (exact) mass is 787 g/mol. The Hall–Kier alpha value is -5.35. The first-order valence-corrected chi connectivity index (χ1v) is 19.6. The van der Waals surface area contributed by atoms with Gasteiger partial charge in [0, 0.05) is 62.9 Å². The van der Waals surface area contributed by atoms with E-state index in [0.29, 0.717) is 18.2 Å². The minimum Gasteiger partial charge on any atom is -0.513 e. The highest BCUT2D eigenvalue weighted by molar-refractivity contribution is 5.95. The van der Waals surface area contributed by atoms with E-state index < -0.39 is 18.3 Å². The molecular weight excluding hydrogens is 733 g/mol. The molecule has 3 atom stereocenters. The van der Waals surface area contributed by atoms with E-state index >= 15 is 0 Å². The number of pyridine rings is 1. The van der Waals surface area contributed by atoms with Crippen molar-refractivity contribution in [3.05, 3.63) is 83.4 Å². The highest BCUT2D eigenvalue weighted by atomic mass is 19.2. The molecule has 8 rings (SSSR count). The number of amides is 1. The summed E-state index contributed by atoms with van der Waals surface area (Å²) in [4.78, 5) is 36.6. The number of carbonyl (C=O) groups is 2. The van der Waals surface area contributed by atoms with E-state index in [1.165, 1.54) is 17.7 Å². The zero-order chi connectivity index (χ0) is 40.8. The van der Waals surface area contributed by atoms with Crippen LogP contribution in [0.1, 0.15) is 73.0 Å². The quantitative estimate of drug-likeness (QED) is 0.0600. The van der Waals surface area contributed by atoms with Crippen LogP contribution in [0.5, 0.6) is 0 Å². The summed E-state index contributed by atoms with van der Waals surface area (Å²) in [5.41, 5.74) is 18.5. The van der Waals surface area contributed by atoms with Gasteiger partial charge < -0.3 is 41.8 Å². The summed E-state index contributed by atoms with van der Waals surface area (Å²) < 4.78 is 29.5. The number of alkyl halides is 2. The second kappa shape index (κ2) is 18.3. The van der Waals surface area contributed by atoms with E-state index in [1.807, 2.05) is 31.4 Å². The lowest BCUT2D eigenvalue weighted by molar-refractivity contribution is -0.108. The molecular formula is C41H55F2N11O3. The second-order valence-electron chi connectivity index (χ2n) is 15.2. The maximum atomic E-state index is 13.7. The van der Waals surface area contributed by atoms with Gasteiger partial charge in [-0.1, -0.05) is 25.1 Å². The van der Waals surface area contributed by atoms with Crippen molar-refractivity contribution in [2.24, 2.45) is 22.4 Å². The molecule has 4 fully saturated rings. The number of nitrogens with one attached hydrogen (secondary N) is 2. The molecule has 2 saturated carbocycles. The average Bonchev–Trinajstić information content (AvgIpc) is 4.15. The molecule has 7 N–H and O–H groups in total. The number of benzene rings is 1. The van der Waals surface area contributed by atoms with Crippen LogP contribution >= 0.6 is 0 Å². The number of aromatic nitrogens is 3. The first-order valence-electron chi connectivity index (χ1n) is 19.6. The van der Waals surface area contributed by atoms with Crippen LogP contribution in [-0.4, -0.2) is 113 Å². The van der Waals surface area contributed by atoms with Gasteiger partial charge >= 0.3 is 0 Å². The SMILES string of the molecule is CCC1c2c(cnn2C2CN(Cc3cccc(C(=O)N4CC(F)C(F)C4)n3)C2)-c2cccc(NC(=C/C(N)=NC)/C(N)=C\O)c2N1C.CNC1CC1.O=CC1CC1. The standard InChI is InChI=1S/C33H40F2N10O2.C4H9N.C4H6O/c1-4-29-32-22(21-8-6-9-26(31(21)42(29)3)41-28(25(36)18-46)11-30(37)38-2)12-39-45(32)20-14-43(15-20)13-19-7-5-10-27(40-19)33(47)44-16-23(34)24(35)17-44;1-5-4-2-3-4;5-3-4-1-2-4/h5-12,18,20,23-24,29,41,46H,4,13-17,36H2,1-3H3,(H2,37,38);4-5H,2-3H2,1H3;3-4H,1-2H2/b25-18+,28-11+;;. The van der Waals surface area contributed by atoms with Crippen LogP contribution in [0.25, 0.3) is 11.1 Å². The van der Waals surface area contributed by atoms with E-state index in [1.54, 1.807) is 25.3 Å². The summed E-state index contributed by atoms with van der Waals surface area (Å²) in [5, 5.41) is 21.0. The number of nitrogens with zero attached hydrogens (tertiary/aromatic N) is 7. The van der Waals surface area contributed by atoms with Crippen LogP contribution in [0.4, 0.5) is 20.2 Å². The Morgan fingerprint density at radius 2 is 1.74 bits per heavy atom. The predicted molar refractivity (Wildman–Crippen MR) is 218 cm³/mol. The number of amidine groups is 1. The molecule has 3 unspecified atom stereocenters. The molecule has 16 heteroatoms. The number of aldehydes is 1. The van der Waals surface area contributed by atoms with Gasteiger partial charge in [0.25, 0.3) is 5.91 Å². The van der Waals surface area contributed by atoms with Crippen molar-refractivity contribution in [1.82, 2.24) is 29.9 Å². The third-order valence-corrected chi connectivity index (χ3v) is 10.9. The van der Waals surface area contributed by atoms with Gasteiger partial charge in [0.05, 0.1) is 65.5 Å². The van der Waals surface area contributed by atoms with Gasteiger partial charge in [-0.15, -0.1) is 0 Å². The molecule has 0 spiro atoms. The third kappa shape index (κ3) is 9.62. The Labute approximate surface area is 332 Å². The summed E-state index contributed by atoms with van der Waals surface area (Å²) in [6.07, 6.45) is 7.96. The number of rotatable bonds is 11. The Morgan fingerprint density at radius 1 is 1.04 bits per heavy atom. The average molecular weight is 788 g/mol. The minimum absolute atomic E-state index is 0.0419. The maximum Gasteiger partial charge on any atom is 0.272 e. The van der Waals surface area contributed by atoms with Gasteiger partial charge in [-0.25, -0.2) is 13.8 Å². The number of halogens is 2. The fourth-order valence-corrected chi connectivity index (χ4v) is 7.27. The summed E-state index contributed by atoms with van der Waals surface area (Å²) in [6, 6.07) is 12.3. The van der Waals surface area contributed by atoms with Gasteiger partial charge in [-0.2, -0.15) is 5.10 Å². The molecule has 0 radical (unpaired) electrons. The fraction of sp³-hybridized carbons (Fsp3) is 0.488. The lowest BCUT2D eigenvalue weighted by Gasteiger charge is -2.43. The lowest BCUT2D eigenvalue weighted by Crippen LogP contribution is -2.48. The number of hydrogen-bond donors (Lipinski definition) is 5. The molecule has 14 nitrogen and oxygen atoms in total. The number of nitrogens with two attached hydrogens (primary N) is 2. The fourth-order valence-electron chi connectivity index (χ4n) is 7.27. The van der Waals surface area contributed by atoms with Gasteiger partial charge in [-0.05, 0) is 57.4 Å². The number of hydrogen-bond acceptors (Lipinski definition) is 11. The summed E-state index contributed by atoms with van der Waals surface area (Å²) in [6.45, 7) is 3.70. The number of aliphatic imine (C=N–C) groups is 1. The van der Waals surface area contributed by atoms with Crippen molar-refractivity contribution in [3.63, 3.8) is 0 Å². The Balaban J connectivity index is 0.000000478. The van der Waals surface area contributed by atoms with Crippen LogP contribution in [0.3, 0.4) is 0 Å². The Morgan fingerprint density at radius 3 is 2.30 bits per heavy atom. The Bertz CT molecular complexity index is 1980. The highest BCUT2D eigenvalue weighted by Crippen LogP contribution is 2.49. The van der Waals surface area contributed by atoms with Crippen molar-refractivity contribution in [3.8, 4) is 11.1 Å². The van der Waals surface area contributed by atoms with Crippen molar-refractivity contribution in [2.45, 2.75) is 76.0 Å². The summed E-state index contributed by atoms with van der Waals surface area (Å²) >= 11 is 0. The zero-order valence-corrected chi connectivity index (χ0v) is 33.1. The van der Waals surface area contributed by atoms with E-state index in [2.05, 4.69) is 55.1 Å². The smallest absolute Gasteiger partial charge is 0.272 e. The van der Waals surface area contributed by atoms with Crippen LogP contribution in [-0.2, 0) is 11.3 Å². The first-order chi connectivity index (χ1) is 27.5. The second-order valence-corrected chi connectivity index (χ2v) is 15.2. The first kappa shape index (κ1) is 41.3. The molecule has 5 aliphatic rings. The van der Waals surface area contributed by atoms with E-state index in [4.69, 9.17) is 16.6 Å². The molecule has 2 aromatic heterocycles. The van der Waals surface area contributed by atoms with E-state index in [0.717, 1.165) is 84.8 Å².